The number of aromatic amines is 1. The van der Waals surface area contributed by atoms with Gasteiger partial charge in [-0.25, -0.2) is 4.98 Å². The Morgan fingerprint density at radius 2 is 1.91 bits per heavy atom. The zero-order chi connectivity index (χ0) is 16.2. The molecule has 1 amide bonds. The predicted molar refractivity (Wildman–Crippen MR) is 90.8 cm³/mol. The number of nitrogens with two attached hydrogens (primary N) is 2. The Hall–Kier alpha value is -2.38. The van der Waals surface area contributed by atoms with Crippen molar-refractivity contribution in [2.45, 2.75) is 23.4 Å². The Morgan fingerprint density at radius 3 is 2.70 bits per heavy atom. The van der Waals surface area contributed by atoms with E-state index in [0.29, 0.717) is 12.2 Å². The molecule has 1 atom stereocenters. The topological polar surface area (TPSA) is 111 Å². The predicted octanol–water partition coefficient (Wildman–Crippen LogP) is 1.61. The van der Waals surface area contributed by atoms with E-state index >= 15 is 0 Å². The number of fused-ring (bicyclic) bond motifs is 1. The lowest BCUT2D eigenvalue weighted by Gasteiger charge is -2.07. The number of amides is 1. The van der Waals surface area contributed by atoms with Gasteiger partial charge in [0.2, 0.25) is 5.91 Å². The molecule has 0 aliphatic carbocycles. The third-order valence-electron chi connectivity index (χ3n) is 3.38. The van der Waals surface area contributed by atoms with Crippen LogP contribution in [0.2, 0.25) is 0 Å². The smallest absolute Gasteiger partial charge is 0.234 e. The van der Waals surface area contributed by atoms with E-state index in [1.165, 1.54) is 0 Å². The van der Waals surface area contributed by atoms with Gasteiger partial charge in [-0.05, 0) is 24.3 Å². The quantitative estimate of drug-likeness (QED) is 0.596. The van der Waals surface area contributed by atoms with Gasteiger partial charge in [-0.2, -0.15) is 0 Å². The molecule has 1 aromatic carbocycles. The number of rotatable bonds is 6. The normalized spacial score (nSPS) is 12.4. The fourth-order valence-corrected chi connectivity index (χ4v) is 2.98. The fraction of sp³-hybridized carbons (Fsp3) is 0.188. The van der Waals surface area contributed by atoms with Crippen LogP contribution < -0.4 is 11.5 Å². The van der Waals surface area contributed by atoms with Crippen LogP contribution in [0, 0.1) is 0 Å². The molecule has 23 heavy (non-hydrogen) atoms. The van der Waals surface area contributed by atoms with E-state index in [1.807, 2.05) is 42.5 Å². The minimum absolute atomic E-state index is 0.346. The van der Waals surface area contributed by atoms with E-state index in [-0.39, 0.29) is 0 Å². The van der Waals surface area contributed by atoms with Gasteiger partial charge in [-0.1, -0.05) is 30.0 Å². The molecule has 2 aromatic heterocycles. The molecule has 5 N–H and O–H groups in total. The average Bonchev–Trinajstić information content (AvgIpc) is 2.96. The molecule has 0 radical (unpaired) electrons. The third-order valence-corrected chi connectivity index (χ3v) is 4.29. The largest absolute Gasteiger partial charge is 0.368 e. The average molecular weight is 327 g/mol. The van der Waals surface area contributed by atoms with E-state index in [9.17, 15) is 4.79 Å². The van der Waals surface area contributed by atoms with Gasteiger partial charge in [0.25, 0.3) is 0 Å². The number of hydrogen-bond donors (Lipinski definition) is 3. The van der Waals surface area contributed by atoms with Gasteiger partial charge in [-0.15, -0.1) is 0 Å². The number of pyridine rings is 1. The van der Waals surface area contributed by atoms with E-state index in [0.717, 1.165) is 27.6 Å². The number of benzene rings is 1. The minimum atomic E-state index is -0.708. The molecule has 0 fully saturated rings. The molecule has 1 unspecified atom stereocenters. The molecule has 0 saturated heterocycles. The van der Waals surface area contributed by atoms with Gasteiger partial charge in [0.05, 0.1) is 22.8 Å². The second kappa shape index (κ2) is 6.80. The van der Waals surface area contributed by atoms with Crippen molar-refractivity contribution in [1.29, 1.82) is 0 Å². The van der Waals surface area contributed by atoms with Gasteiger partial charge in [0.1, 0.15) is 0 Å². The molecular formula is C16H17N5OS. The minimum Gasteiger partial charge on any atom is -0.368 e. The Balaban J connectivity index is 1.67. The van der Waals surface area contributed by atoms with Gasteiger partial charge < -0.3 is 16.5 Å². The number of para-hydroxylation sites is 2. The van der Waals surface area contributed by atoms with Crippen molar-refractivity contribution in [3.8, 4) is 0 Å². The highest BCUT2D eigenvalue weighted by Gasteiger charge is 2.11. The summed E-state index contributed by atoms with van der Waals surface area (Å²) in [6, 6.07) is 12.9. The van der Waals surface area contributed by atoms with Crippen molar-refractivity contribution < 1.29 is 4.79 Å². The van der Waals surface area contributed by atoms with Crippen LogP contribution in [0.3, 0.4) is 0 Å². The number of carbonyl (C=O) groups excluding carboxylic acids is 1. The molecular weight excluding hydrogens is 310 g/mol. The summed E-state index contributed by atoms with van der Waals surface area (Å²) in [5.74, 6) is 0.160. The van der Waals surface area contributed by atoms with Crippen LogP contribution in [0.25, 0.3) is 11.0 Å². The molecule has 3 aromatic rings. The van der Waals surface area contributed by atoms with Gasteiger partial charge in [-0.3, -0.25) is 9.78 Å². The number of hydrogen-bond acceptors (Lipinski definition) is 5. The molecule has 0 spiro atoms. The van der Waals surface area contributed by atoms with Gasteiger partial charge in [0.15, 0.2) is 5.16 Å². The second-order valence-electron chi connectivity index (χ2n) is 5.18. The first-order valence-corrected chi connectivity index (χ1v) is 8.17. The van der Waals surface area contributed by atoms with E-state index < -0.39 is 11.9 Å². The lowest BCUT2D eigenvalue weighted by atomic mass is 10.1. The number of primary amides is 1. The molecule has 0 aliphatic rings. The van der Waals surface area contributed by atoms with Crippen LogP contribution >= 0.6 is 11.8 Å². The van der Waals surface area contributed by atoms with E-state index in [4.69, 9.17) is 11.5 Å². The lowest BCUT2D eigenvalue weighted by Crippen LogP contribution is -2.38. The summed E-state index contributed by atoms with van der Waals surface area (Å²) in [6.45, 7) is 0. The summed E-state index contributed by atoms with van der Waals surface area (Å²) in [7, 11) is 0. The van der Waals surface area contributed by atoms with Crippen molar-refractivity contribution in [2.24, 2.45) is 11.5 Å². The summed E-state index contributed by atoms with van der Waals surface area (Å²) in [6.07, 6.45) is 0.346. The van der Waals surface area contributed by atoms with Crippen LogP contribution in [0.15, 0.2) is 47.6 Å². The highest BCUT2D eigenvalue weighted by molar-refractivity contribution is 7.98. The SMILES string of the molecule is NC(=O)C(N)Cc1cccc(CSc2nc3ccccc3[nH]2)n1. The van der Waals surface area contributed by atoms with Crippen molar-refractivity contribution in [2.75, 3.05) is 0 Å². The number of aromatic nitrogens is 3. The third kappa shape index (κ3) is 3.88. The fourth-order valence-electron chi connectivity index (χ4n) is 2.19. The van der Waals surface area contributed by atoms with Crippen LogP contribution in [0.5, 0.6) is 0 Å². The standard InChI is InChI=1S/C16H17N5OS/c17-12(15(18)22)8-10-4-3-5-11(19-10)9-23-16-20-13-6-1-2-7-14(13)21-16/h1-7,12H,8-9,17H2,(H2,18,22)(H,20,21). The van der Waals surface area contributed by atoms with Crippen molar-refractivity contribution in [1.82, 2.24) is 15.0 Å². The second-order valence-corrected chi connectivity index (χ2v) is 6.15. The van der Waals surface area contributed by atoms with Crippen molar-refractivity contribution >= 4 is 28.7 Å². The Labute approximate surface area is 137 Å². The molecule has 118 valence electrons. The molecule has 7 heteroatoms. The molecule has 3 rings (SSSR count). The van der Waals surface area contributed by atoms with Crippen molar-refractivity contribution in [3.63, 3.8) is 0 Å². The molecule has 2 heterocycles. The van der Waals surface area contributed by atoms with Crippen LogP contribution in [-0.2, 0) is 17.0 Å². The molecule has 0 bridgehead atoms. The zero-order valence-electron chi connectivity index (χ0n) is 12.4. The van der Waals surface area contributed by atoms with Crippen LogP contribution in [0.1, 0.15) is 11.4 Å². The maximum atomic E-state index is 11.0. The van der Waals surface area contributed by atoms with Gasteiger partial charge in [0, 0.05) is 17.9 Å². The molecule has 0 saturated carbocycles. The number of thioether (sulfide) groups is 1. The van der Waals surface area contributed by atoms with Crippen molar-refractivity contribution in [3.05, 3.63) is 53.9 Å². The van der Waals surface area contributed by atoms with E-state index in [1.54, 1.807) is 11.8 Å². The number of nitrogens with zero attached hydrogens (tertiary/aromatic N) is 2. The zero-order valence-corrected chi connectivity index (χ0v) is 13.2. The summed E-state index contributed by atoms with van der Waals surface area (Å²) in [5, 5.41) is 0.854. The molecule has 0 aliphatic heterocycles. The number of H-pyrrole nitrogens is 1. The summed E-state index contributed by atoms with van der Waals surface area (Å²) in [5.41, 5.74) is 14.5. The highest BCUT2D eigenvalue weighted by Crippen LogP contribution is 2.22. The van der Waals surface area contributed by atoms with Crippen LogP contribution in [0.4, 0.5) is 0 Å². The number of carbonyl (C=O) groups is 1. The number of nitrogens with one attached hydrogen (secondary N) is 1. The Morgan fingerprint density at radius 1 is 1.13 bits per heavy atom. The Kier molecular flexibility index (Phi) is 4.59. The molecule has 6 nitrogen and oxygen atoms in total. The van der Waals surface area contributed by atoms with Crippen LogP contribution in [-0.4, -0.2) is 26.9 Å². The Bertz CT molecular complexity index is 799. The van der Waals surface area contributed by atoms with E-state index in [2.05, 4.69) is 15.0 Å². The summed E-state index contributed by atoms with van der Waals surface area (Å²) >= 11 is 1.58. The first-order chi connectivity index (χ1) is 11.1. The summed E-state index contributed by atoms with van der Waals surface area (Å²) in [4.78, 5) is 23.3. The first-order valence-electron chi connectivity index (χ1n) is 7.19. The van der Waals surface area contributed by atoms with Gasteiger partial charge >= 0.3 is 0 Å². The summed E-state index contributed by atoms with van der Waals surface area (Å²) < 4.78 is 0. The maximum Gasteiger partial charge on any atom is 0.234 e. The monoisotopic (exact) mass is 327 g/mol. The maximum absolute atomic E-state index is 11.0. The highest BCUT2D eigenvalue weighted by atomic mass is 32.2. The lowest BCUT2D eigenvalue weighted by molar-refractivity contribution is -0.119. The number of imidazole rings is 1. The first kappa shape index (κ1) is 15.5.